The third-order valence-electron chi connectivity index (χ3n) is 5.20. The quantitative estimate of drug-likeness (QED) is 0.395. The molecule has 0 saturated heterocycles. The van der Waals surface area contributed by atoms with E-state index in [4.69, 9.17) is 13.9 Å². The lowest BCUT2D eigenvalue weighted by Crippen LogP contribution is -2.16. The monoisotopic (exact) mass is 476 g/mol. The Morgan fingerprint density at radius 2 is 1.69 bits per heavy atom. The van der Waals surface area contributed by atoms with Crippen molar-refractivity contribution < 1.29 is 28.3 Å². The Hall–Kier alpha value is -4.47. The van der Waals surface area contributed by atoms with E-state index in [0.29, 0.717) is 33.7 Å². The van der Waals surface area contributed by atoms with Gasteiger partial charge in [-0.25, -0.2) is 14.6 Å². The molecule has 0 saturated carbocycles. The van der Waals surface area contributed by atoms with Crippen LogP contribution in [0.15, 0.2) is 47.1 Å². The molecule has 4 rings (SSSR count). The molecular weight excluding hydrogens is 452 g/mol. The highest BCUT2D eigenvalue weighted by Crippen LogP contribution is 2.28. The van der Waals surface area contributed by atoms with Crippen molar-refractivity contribution in [2.75, 3.05) is 18.5 Å². The fourth-order valence-corrected chi connectivity index (χ4v) is 3.74. The number of rotatable bonds is 7. The lowest BCUT2D eigenvalue weighted by molar-refractivity contribution is 0.0525. The van der Waals surface area contributed by atoms with Crippen LogP contribution in [0, 0.1) is 6.92 Å². The molecule has 3 aromatic heterocycles. The Labute approximate surface area is 200 Å². The van der Waals surface area contributed by atoms with Crippen LogP contribution in [-0.4, -0.2) is 45.8 Å². The largest absolute Gasteiger partial charge is 0.463 e. The van der Waals surface area contributed by atoms with Crippen molar-refractivity contribution in [2.45, 2.75) is 20.8 Å². The highest BCUT2D eigenvalue weighted by atomic mass is 16.5. The van der Waals surface area contributed by atoms with E-state index in [1.807, 2.05) is 0 Å². The molecule has 10 nitrogen and oxygen atoms in total. The van der Waals surface area contributed by atoms with E-state index >= 15 is 0 Å². The van der Waals surface area contributed by atoms with Crippen LogP contribution in [0.25, 0.3) is 22.5 Å². The van der Waals surface area contributed by atoms with Gasteiger partial charge in [0.2, 0.25) is 0 Å². The predicted molar refractivity (Wildman–Crippen MR) is 127 cm³/mol. The van der Waals surface area contributed by atoms with Gasteiger partial charge in [0, 0.05) is 12.7 Å². The summed E-state index contributed by atoms with van der Waals surface area (Å²) in [7, 11) is 1.74. The summed E-state index contributed by atoms with van der Waals surface area (Å²) < 4.78 is 17.2. The zero-order valence-corrected chi connectivity index (χ0v) is 19.7. The summed E-state index contributed by atoms with van der Waals surface area (Å²) in [6, 6.07) is 9.35. The van der Waals surface area contributed by atoms with Crippen molar-refractivity contribution in [3.8, 4) is 11.5 Å². The van der Waals surface area contributed by atoms with Crippen molar-refractivity contribution in [2.24, 2.45) is 7.05 Å². The van der Waals surface area contributed by atoms with E-state index in [1.54, 1.807) is 50.7 Å². The van der Waals surface area contributed by atoms with Crippen LogP contribution in [0.3, 0.4) is 0 Å². The summed E-state index contributed by atoms with van der Waals surface area (Å²) in [5, 5.41) is 7.76. The van der Waals surface area contributed by atoms with Gasteiger partial charge in [-0.3, -0.25) is 9.48 Å². The van der Waals surface area contributed by atoms with E-state index in [-0.39, 0.29) is 30.0 Å². The topological polar surface area (TPSA) is 126 Å². The number of amides is 1. The van der Waals surface area contributed by atoms with Crippen LogP contribution in [0.5, 0.6) is 0 Å². The van der Waals surface area contributed by atoms with E-state index in [1.165, 1.54) is 24.5 Å². The lowest BCUT2D eigenvalue weighted by Gasteiger charge is -2.12. The number of nitrogens with one attached hydrogen (secondary N) is 1. The van der Waals surface area contributed by atoms with Crippen LogP contribution in [0.4, 0.5) is 5.69 Å². The second-order valence-electron chi connectivity index (χ2n) is 7.63. The van der Waals surface area contributed by atoms with E-state index < -0.39 is 17.8 Å². The molecule has 0 aliphatic heterocycles. The number of nitrogens with zero attached hydrogens (tertiary/aromatic N) is 3. The van der Waals surface area contributed by atoms with Gasteiger partial charge in [0.25, 0.3) is 5.91 Å². The maximum absolute atomic E-state index is 13.5. The van der Waals surface area contributed by atoms with E-state index in [2.05, 4.69) is 15.4 Å². The molecule has 0 fully saturated rings. The summed E-state index contributed by atoms with van der Waals surface area (Å²) in [5.41, 5.74) is 2.36. The molecule has 35 heavy (non-hydrogen) atoms. The molecule has 180 valence electrons. The SMILES string of the molecule is CCOC(=O)c1cc(NC(=O)c2cc(-c3ccco3)nc3c2c(C)nn3C)cc(C(=O)OCC)c1. The van der Waals surface area contributed by atoms with Gasteiger partial charge < -0.3 is 19.2 Å². The Kier molecular flexibility index (Phi) is 6.63. The number of esters is 2. The van der Waals surface area contributed by atoms with Crippen molar-refractivity contribution in [3.05, 3.63) is 65.0 Å². The van der Waals surface area contributed by atoms with Crippen LogP contribution in [0.2, 0.25) is 0 Å². The minimum Gasteiger partial charge on any atom is -0.463 e. The minimum absolute atomic E-state index is 0.112. The molecule has 0 unspecified atom stereocenters. The van der Waals surface area contributed by atoms with E-state index in [0.717, 1.165) is 0 Å². The van der Waals surface area contributed by atoms with Crippen molar-refractivity contribution >= 4 is 34.6 Å². The zero-order valence-electron chi connectivity index (χ0n) is 19.7. The molecule has 0 radical (unpaired) electrons. The second-order valence-corrected chi connectivity index (χ2v) is 7.63. The third kappa shape index (κ3) is 4.77. The average molecular weight is 476 g/mol. The van der Waals surface area contributed by atoms with Gasteiger partial charge >= 0.3 is 11.9 Å². The first-order valence-corrected chi connectivity index (χ1v) is 11.0. The average Bonchev–Trinajstić information content (AvgIpc) is 3.47. The molecule has 0 aliphatic carbocycles. The van der Waals surface area contributed by atoms with Crippen molar-refractivity contribution in [1.29, 1.82) is 0 Å². The Morgan fingerprint density at radius 1 is 1.03 bits per heavy atom. The first-order valence-electron chi connectivity index (χ1n) is 11.0. The van der Waals surface area contributed by atoms with Crippen LogP contribution >= 0.6 is 0 Å². The van der Waals surface area contributed by atoms with Gasteiger partial charge in [0.05, 0.1) is 47.2 Å². The van der Waals surface area contributed by atoms with Crippen molar-refractivity contribution in [1.82, 2.24) is 14.8 Å². The zero-order chi connectivity index (χ0) is 25.1. The number of benzene rings is 1. The summed E-state index contributed by atoms with van der Waals surface area (Å²) in [5.74, 6) is -1.22. The number of ether oxygens (including phenoxy) is 2. The standard InChI is InChI=1S/C25H24N4O6/c1-5-33-24(31)15-10-16(25(32)34-6-2)12-17(11-15)26-23(30)18-13-19(20-8-7-9-35-20)27-22-21(18)14(3)28-29(22)4/h7-13H,5-6H2,1-4H3,(H,26,30). The van der Waals surface area contributed by atoms with Crippen LogP contribution in [0.1, 0.15) is 50.6 Å². The van der Waals surface area contributed by atoms with Gasteiger partial charge in [-0.05, 0) is 57.2 Å². The molecule has 3 heterocycles. The molecule has 0 spiro atoms. The molecule has 1 aromatic carbocycles. The number of furan rings is 1. The van der Waals surface area contributed by atoms with Gasteiger partial charge in [0.1, 0.15) is 5.69 Å². The van der Waals surface area contributed by atoms with Gasteiger partial charge in [-0.2, -0.15) is 5.10 Å². The first-order chi connectivity index (χ1) is 16.8. The van der Waals surface area contributed by atoms with Crippen LogP contribution < -0.4 is 5.32 Å². The number of carbonyl (C=O) groups excluding carboxylic acids is 3. The normalized spacial score (nSPS) is 10.9. The summed E-state index contributed by atoms with van der Waals surface area (Å²) >= 11 is 0. The number of aromatic nitrogens is 3. The van der Waals surface area contributed by atoms with Gasteiger partial charge in [-0.1, -0.05) is 0 Å². The lowest BCUT2D eigenvalue weighted by atomic mass is 10.1. The number of carbonyl (C=O) groups is 3. The predicted octanol–water partition coefficient (Wildman–Crippen LogP) is 4.14. The number of fused-ring (bicyclic) bond motifs is 1. The molecule has 1 amide bonds. The van der Waals surface area contributed by atoms with Crippen LogP contribution in [-0.2, 0) is 16.5 Å². The number of aryl methyl sites for hydroxylation is 2. The fraction of sp³-hybridized carbons (Fsp3) is 0.240. The first kappa shape index (κ1) is 23.7. The third-order valence-corrected chi connectivity index (χ3v) is 5.20. The molecule has 0 bridgehead atoms. The fourth-order valence-electron chi connectivity index (χ4n) is 3.74. The highest BCUT2D eigenvalue weighted by molar-refractivity contribution is 6.13. The highest BCUT2D eigenvalue weighted by Gasteiger charge is 2.22. The number of hydrogen-bond acceptors (Lipinski definition) is 8. The summed E-state index contributed by atoms with van der Waals surface area (Å²) in [4.78, 5) is 42.8. The summed E-state index contributed by atoms with van der Waals surface area (Å²) in [6.07, 6.45) is 1.52. The number of anilines is 1. The molecule has 0 atom stereocenters. The van der Waals surface area contributed by atoms with Gasteiger partial charge in [-0.15, -0.1) is 0 Å². The number of hydrogen-bond donors (Lipinski definition) is 1. The number of pyridine rings is 1. The Bertz CT molecular complexity index is 1390. The van der Waals surface area contributed by atoms with Gasteiger partial charge in [0.15, 0.2) is 11.4 Å². The van der Waals surface area contributed by atoms with E-state index in [9.17, 15) is 14.4 Å². The maximum Gasteiger partial charge on any atom is 0.338 e. The molecule has 0 aliphatic rings. The maximum atomic E-state index is 13.5. The Morgan fingerprint density at radius 3 is 2.26 bits per heavy atom. The van der Waals surface area contributed by atoms with Crippen molar-refractivity contribution in [3.63, 3.8) is 0 Å². The smallest absolute Gasteiger partial charge is 0.338 e. The molecule has 10 heteroatoms. The second kappa shape index (κ2) is 9.80. The summed E-state index contributed by atoms with van der Waals surface area (Å²) in [6.45, 7) is 5.46. The molecular formula is C25H24N4O6. The molecule has 1 N–H and O–H groups in total. The minimum atomic E-state index is -0.622. The molecule has 4 aromatic rings. The Balaban J connectivity index is 1.78.